The molecule has 3 rings (SSSR count). The topological polar surface area (TPSA) is 67.6 Å². The smallest absolute Gasteiger partial charge is 0.416 e. The van der Waals surface area contributed by atoms with Gasteiger partial charge >= 0.3 is 12.3 Å². The number of hydrogen-bond donors (Lipinski definition) is 1. The number of nitrogens with zero attached hydrogens (tertiary/aromatic N) is 3. The molecule has 1 aromatic carbocycles. The van der Waals surface area contributed by atoms with Crippen molar-refractivity contribution < 1.29 is 27.8 Å². The lowest BCUT2D eigenvalue weighted by molar-refractivity contribution is -0.137. The third-order valence-corrected chi connectivity index (χ3v) is 4.73. The first-order chi connectivity index (χ1) is 13.4. The molecule has 0 unspecified atom stereocenters. The highest BCUT2D eigenvalue weighted by Gasteiger charge is 2.32. The lowest BCUT2D eigenvalue weighted by atomic mass is 10.0. The number of aromatic nitrogens is 2. The molecule has 0 atom stereocenters. The predicted octanol–water partition coefficient (Wildman–Crippen LogP) is 4.85. The molecule has 158 valence electrons. The quantitative estimate of drug-likeness (QED) is 0.767. The average molecular weight is 411 g/mol. The summed E-state index contributed by atoms with van der Waals surface area (Å²) in [6, 6.07) is 2.81. The minimum atomic E-state index is -4.49. The summed E-state index contributed by atoms with van der Waals surface area (Å²) in [5.74, 6) is -0.239. The highest BCUT2D eigenvalue weighted by molar-refractivity contribution is 5.70. The molecule has 29 heavy (non-hydrogen) atoms. The number of aromatic hydroxyl groups is 1. The van der Waals surface area contributed by atoms with Gasteiger partial charge in [0.1, 0.15) is 11.4 Å². The summed E-state index contributed by atoms with van der Waals surface area (Å²) in [5, 5.41) is 14.3. The molecule has 1 aliphatic heterocycles. The molecule has 1 amide bonds. The van der Waals surface area contributed by atoms with Gasteiger partial charge in [-0.3, -0.25) is 4.68 Å². The van der Waals surface area contributed by atoms with Gasteiger partial charge in [-0.05, 0) is 51.8 Å². The molecule has 0 spiro atoms. The zero-order chi connectivity index (χ0) is 21.4. The molecule has 1 N–H and O–H groups in total. The fourth-order valence-electron chi connectivity index (χ4n) is 3.26. The van der Waals surface area contributed by atoms with E-state index < -0.39 is 17.3 Å². The monoisotopic (exact) mass is 411 g/mol. The van der Waals surface area contributed by atoms with Gasteiger partial charge in [-0.2, -0.15) is 18.3 Å². The van der Waals surface area contributed by atoms with Crippen LogP contribution in [0.15, 0.2) is 30.6 Å². The Kier molecular flexibility index (Phi) is 5.51. The Balaban J connectivity index is 1.70. The molecule has 1 aromatic heterocycles. The van der Waals surface area contributed by atoms with Crippen molar-refractivity contribution in [3.8, 4) is 16.9 Å². The number of alkyl halides is 3. The SMILES string of the molecule is CC(C)(C)OC(=O)N1CCC(n2cc(-c3cc(C(F)(F)F)ccc3O)cn2)CC1. The Morgan fingerprint density at radius 2 is 1.86 bits per heavy atom. The molecule has 0 aliphatic carbocycles. The number of halogens is 3. The number of carbonyl (C=O) groups excluding carboxylic acids is 1. The second kappa shape index (κ2) is 7.61. The fourth-order valence-corrected chi connectivity index (χ4v) is 3.26. The minimum absolute atomic E-state index is 0.00961. The fraction of sp³-hybridized carbons (Fsp3) is 0.500. The number of rotatable bonds is 2. The third-order valence-electron chi connectivity index (χ3n) is 4.73. The van der Waals surface area contributed by atoms with E-state index in [4.69, 9.17) is 4.74 Å². The maximum Gasteiger partial charge on any atom is 0.416 e. The van der Waals surface area contributed by atoms with Crippen molar-refractivity contribution in [2.75, 3.05) is 13.1 Å². The van der Waals surface area contributed by atoms with Crippen LogP contribution in [0.5, 0.6) is 5.75 Å². The van der Waals surface area contributed by atoms with Gasteiger partial charge in [-0.15, -0.1) is 0 Å². The highest BCUT2D eigenvalue weighted by atomic mass is 19.4. The van der Waals surface area contributed by atoms with Crippen LogP contribution in [0.4, 0.5) is 18.0 Å². The first-order valence-electron chi connectivity index (χ1n) is 9.37. The first kappa shape index (κ1) is 21.0. The molecule has 1 aliphatic rings. The van der Waals surface area contributed by atoms with E-state index in [9.17, 15) is 23.1 Å². The Labute approximate surface area is 166 Å². The van der Waals surface area contributed by atoms with E-state index in [1.807, 2.05) is 20.8 Å². The Bertz CT molecular complexity index is 879. The molecule has 1 saturated heterocycles. The van der Waals surface area contributed by atoms with Gasteiger partial charge in [-0.25, -0.2) is 4.79 Å². The van der Waals surface area contributed by atoms with Gasteiger partial charge in [0.25, 0.3) is 0 Å². The summed E-state index contributed by atoms with van der Waals surface area (Å²) in [5.41, 5.74) is -0.901. The van der Waals surface area contributed by atoms with E-state index in [1.54, 1.807) is 15.8 Å². The van der Waals surface area contributed by atoms with Crippen LogP contribution >= 0.6 is 0 Å². The van der Waals surface area contributed by atoms with Crippen molar-refractivity contribution >= 4 is 6.09 Å². The molecule has 6 nitrogen and oxygen atoms in total. The molecule has 0 saturated carbocycles. The summed E-state index contributed by atoms with van der Waals surface area (Å²) in [6.07, 6.45) is -0.485. The number of benzene rings is 1. The molecule has 2 aromatic rings. The van der Waals surface area contributed by atoms with Crippen molar-refractivity contribution in [3.05, 3.63) is 36.2 Å². The average Bonchev–Trinajstić information content (AvgIpc) is 3.09. The molecule has 2 heterocycles. The molecule has 1 fully saturated rings. The lowest BCUT2D eigenvalue weighted by Crippen LogP contribution is -2.42. The number of carbonyl (C=O) groups is 1. The first-order valence-corrected chi connectivity index (χ1v) is 9.37. The van der Waals surface area contributed by atoms with Gasteiger partial charge in [-0.1, -0.05) is 0 Å². The summed E-state index contributed by atoms with van der Waals surface area (Å²) in [6.45, 7) is 6.44. The number of hydrogen-bond acceptors (Lipinski definition) is 4. The normalized spacial score (nSPS) is 16.1. The van der Waals surface area contributed by atoms with Crippen LogP contribution in [0, 0.1) is 0 Å². The second-order valence-electron chi connectivity index (χ2n) is 8.14. The van der Waals surface area contributed by atoms with E-state index in [0.29, 0.717) is 31.5 Å². The maximum absolute atomic E-state index is 13.0. The van der Waals surface area contributed by atoms with Crippen LogP contribution in [0.3, 0.4) is 0 Å². The van der Waals surface area contributed by atoms with E-state index >= 15 is 0 Å². The highest BCUT2D eigenvalue weighted by Crippen LogP contribution is 2.37. The third kappa shape index (κ3) is 5.02. The number of likely N-dealkylation sites (tertiary alicyclic amines) is 1. The van der Waals surface area contributed by atoms with E-state index in [1.165, 1.54) is 6.20 Å². The Morgan fingerprint density at radius 1 is 1.21 bits per heavy atom. The number of ether oxygens (including phenoxy) is 1. The van der Waals surface area contributed by atoms with Crippen molar-refractivity contribution in [1.29, 1.82) is 0 Å². The summed E-state index contributed by atoms with van der Waals surface area (Å²) >= 11 is 0. The van der Waals surface area contributed by atoms with E-state index in [-0.39, 0.29) is 23.4 Å². The second-order valence-corrected chi connectivity index (χ2v) is 8.14. The summed E-state index contributed by atoms with van der Waals surface area (Å²) in [7, 11) is 0. The Hall–Kier alpha value is -2.71. The minimum Gasteiger partial charge on any atom is -0.507 e. The summed E-state index contributed by atoms with van der Waals surface area (Å²) in [4.78, 5) is 13.8. The van der Waals surface area contributed by atoms with Crippen LogP contribution in [-0.4, -0.2) is 44.6 Å². The van der Waals surface area contributed by atoms with Crippen LogP contribution in [-0.2, 0) is 10.9 Å². The van der Waals surface area contributed by atoms with Gasteiger partial charge in [0.05, 0.1) is 17.8 Å². The zero-order valence-corrected chi connectivity index (χ0v) is 16.5. The molecular weight excluding hydrogens is 387 g/mol. The standard InChI is InChI=1S/C20H24F3N3O3/c1-19(2,3)29-18(28)25-8-6-15(7-9-25)26-12-13(11-24-26)16-10-14(20(21,22)23)4-5-17(16)27/h4-5,10-12,15,27H,6-9H2,1-3H3. The van der Waals surface area contributed by atoms with Crippen molar-refractivity contribution in [1.82, 2.24) is 14.7 Å². The number of piperidine rings is 1. The summed E-state index contributed by atoms with van der Waals surface area (Å²) < 4.78 is 46.0. The van der Waals surface area contributed by atoms with E-state index in [2.05, 4.69) is 5.10 Å². The zero-order valence-electron chi connectivity index (χ0n) is 16.5. The Morgan fingerprint density at radius 3 is 2.45 bits per heavy atom. The van der Waals surface area contributed by atoms with Gasteiger partial charge in [0.15, 0.2) is 0 Å². The predicted molar refractivity (Wildman–Crippen MR) is 100 cm³/mol. The molecular formula is C20H24F3N3O3. The van der Waals surface area contributed by atoms with Crippen LogP contribution in [0.2, 0.25) is 0 Å². The number of amides is 1. The lowest BCUT2D eigenvalue weighted by Gasteiger charge is -2.33. The molecule has 0 bridgehead atoms. The van der Waals surface area contributed by atoms with Gasteiger partial charge in [0.2, 0.25) is 0 Å². The molecule has 0 radical (unpaired) electrons. The van der Waals surface area contributed by atoms with E-state index in [0.717, 1.165) is 18.2 Å². The maximum atomic E-state index is 13.0. The van der Waals surface area contributed by atoms with Crippen molar-refractivity contribution in [3.63, 3.8) is 0 Å². The van der Waals surface area contributed by atoms with Crippen molar-refractivity contribution in [2.24, 2.45) is 0 Å². The van der Waals surface area contributed by atoms with Gasteiger partial charge in [0, 0.05) is 30.4 Å². The van der Waals surface area contributed by atoms with Crippen LogP contribution in [0.25, 0.3) is 11.1 Å². The molecule has 9 heteroatoms. The number of phenols is 1. The van der Waals surface area contributed by atoms with Crippen LogP contribution < -0.4 is 0 Å². The largest absolute Gasteiger partial charge is 0.507 e. The van der Waals surface area contributed by atoms with Crippen molar-refractivity contribution in [2.45, 2.75) is 51.4 Å². The van der Waals surface area contributed by atoms with Gasteiger partial charge < -0.3 is 14.7 Å². The van der Waals surface area contributed by atoms with Crippen LogP contribution in [0.1, 0.15) is 45.2 Å². The number of phenolic OH excluding ortho intramolecular Hbond substituents is 1.